The van der Waals surface area contributed by atoms with Crippen molar-refractivity contribution in [1.29, 1.82) is 0 Å². The van der Waals surface area contributed by atoms with Crippen molar-refractivity contribution in [2.45, 2.75) is 26.1 Å². The standard InChI is InChI=1S/C23H28N4O3/c1-14(2)20-12-27(13-21(30-20)15-8-6-5-7-9-15)23-25-17-11-19(29-4)18(28-3)10-16(17)22(24)26-23/h5-11,14,20-21H,12-13H2,1-4H3,(H2,24,25,26)/t20-,21+/m1/s1. The summed E-state index contributed by atoms with van der Waals surface area (Å²) in [7, 11) is 3.20. The lowest BCUT2D eigenvalue weighted by Crippen LogP contribution is -2.47. The molecule has 7 heteroatoms. The van der Waals surface area contributed by atoms with Gasteiger partial charge < -0.3 is 24.8 Å². The zero-order valence-corrected chi connectivity index (χ0v) is 17.8. The molecule has 2 N–H and O–H groups in total. The summed E-state index contributed by atoms with van der Waals surface area (Å²) in [6.07, 6.45) is 0.00755. The second-order valence-corrected chi connectivity index (χ2v) is 7.86. The summed E-state index contributed by atoms with van der Waals surface area (Å²) in [6.45, 7) is 5.71. The number of ether oxygens (including phenoxy) is 3. The van der Waals surface area contributed by atoms with E-state index in [-0.39, 0.29) is 12.2 Å². The molecule has 2 aromatic carbocycles. The number of fused-ring (bicyclic) bond motifs is 1. The minimum absolute atomic E-state index is 0.0572. The number of nitrogens with two attached hydrogens (primary N) is 1. The van der Waals surface area contributed by atoms with Gasteiger partial charge in [-0.2, -0.15) is 4.98 Å². The molecular formula is C23H28N4O3. The Kier molecular flexibility index (Phi) is 5.63. The molecule has 7 nitrogen and oxygen atoms in total. The van der Waals surface area contributed by atoms with Crippen molar-refractivity contribution in [3.05, 3.63) is 48.0 Å². The maximum Gasteiger partial charge on any atom is 0.228 e. The van der Waals surface area contributed by atoms with Gasteiger partial charge in [0, 0.05) is 18.0 Å². The van der Waals surface area contributed by atoms with E-state index in [1.165, 1.54) is 0 Å². The lowest BCUT2D eigenvalue weighted by molar-refractivity contribution is -0.0502. The lowest BCUT2D eigenvalue weighted by atomic mass is 10.0. The normalized spacial score (nSPS) is 19.3. The van der Waals surface area contributed by atoms with E-state index >= 15 is 0 Å². The first-order valence-electron chi connectivity index (χ1n) is 10.1. The third-order valence-electron chi connectivity index (χ3n) is 5.54. The van der Waals surface area contributed by atoms with E-state index < -0.39 is 0 Å². The van der Waals surface area contributed by atoms with Gasteiger partial charge in [-0.15, -0.1) is 0 Å². The summed E-state index contributed by atoms with van der Waals surface area (Å²) in [5, 5.41) is 0.740. The van der Waals surface area contributed by atoms with E-state index in [0.717, 1.165) is 16.5 Å². The van der Waals surface area contributed by atoms with Crippen LogP contribution in [0.4, 0.5) is 11.8 Å². The van der Waals surface area contributed by atoms with Crippen molar-refractivity contribution in [1.82, 2.24) is 9.97 Å². The molecule has 1 aliphatic heterocycles. The Morgan fingerprint density at radius 1 is 1.03 bits per heavy atom. The predicted molar refractivity (Wildman–Crippen MR) is 118 cm³/mol. The molecule has 0 amide bonds. The van der Waals surface area contributed by atoms with Crippen LogP contribution in [0, 0.1) is 5.92 Å². The minimum Gasteiger partial charge on any atom is -0.493 e. The number of nitrogen functional groups attached to an aromatic ring is 1. The van der Waals surface area contributed by atoms with Crippen LogP contribution in [0.2, 0.25) is 0 Å². The third-order valence-corrected chi connectivity index (χ3v) is 5.54. The molecule has 1 fully saturated rings. The molecule has 1 saturated heterocycles. The molecule has 1 aromatic heterocycles. The summed E-state index contributed by atoms with van der Waals surface area (Å²) in [4.78, 5) is 11.6. The molecule has 0 bridgehead atoms. The van der Waals surface area contributed by atoms with Crippen LogP contribution in [0.5, 0.6) is 11.5 Å². The maximum absolute atomic E-state index is 6.41. The highest BCUT2D eigenvalue weighted by Crippen LogP contribution is 2.35. The Morgan fingerprint density at radius 2 is 1.73 bits per heavy atom. The average Bonchev–Trinajstić information content (AvgIpc) is 2.78. The van der Waals surface area contributed by atoms with E-state index in [4.69, 9.17) is 24.9 Å². The van der Waals surface area contributed by atoms with Crippen LogP contribution in [-0.2, 0) is 4.74 Å². The molecule has 0 unspecified atom stereocenters. The highest BCUT2D eigenvalue weighted by atomic mass is 16.5. The molecule has 30 heavy (non-hydrogen) atoms. The fraction of sp³-hybridized carbons (Fsp3) is 0.391. The molecule has 0 saturated carbocycles. The van der Waals surface area contributed by atoms with Crippen LogP contribution in [-0.4, -0.2) is 43.4 Å². The number of benzene rings is 2. The van der Waals surface area contributed by atoms with Crippen molar-refractivity contribution >= 4 is 22.7 Å². The van der Waals surface area contributed by atoms with Gasteiger partial charge in [0.05, 0.1) is 32.4 Å². The largest absolute Gasteiger partial charge is 0.493 e. The first kappa shape index (κ1) is 20.2. The second-order valence-electron chi connectivity index (χ2n) is 7.86. The Hall–Kier alpha value is -3.06. The van der Waals surface area contributed by atoms with Crippen molar-refractivity contribution in [3.8, 4) is 11.5 Å². The quantitative estimate of drug-likeness (QED) is 0.687. The zero-order valence-electron chi connectivity index (χ0n) is 17.8. The molecule has 0 spiro atoms. The number of rotatable bonds is 5. The summed E-state index contributed by atoms with van der Waals surface area (Å²) < 4.78 is 17.2. The van der Waals surface area contributed by atoms with Gasteiger partial charge in [0.15, 0.2) is 11.5 Å². The van der Waals surface area contributed by atoms with Crippen LogP contribution in [0.1, 0.15) is 25.5 Å². The molecule has 158 valence electrons. The monoisotopic (exact) mass is 408 g/mol. The molecule has 1 aliphatic rings. The van der Waals surface area contributed by atoms with Gasteiger partial charge in [-0.05, 0) is 17.5 Å². The second kappa shape index (κ2) is 8.36. The molecule has 2 heterocycles. The topological polar surface area (TPSA) is 82.7 Å². The first-order valence-corrected chi connectivity index (χ1v) is 10.1. The van der Waals surface area contributed by atoms with E-state index in [9.17, 15) is 0 Å². The predicted octanol–water partition coefficient (Wildman–Crippen LogP) is 3.83. The van der Waals surface area contributed by atoms with Gasteiger partial charge in [-0.3, -0.25) is 0 Å². The average molecular weight is 409 g/mol. The highest BCUT2D eigenvalue weighted by Gasteiger charge is 2.32. The first-order chi connectivity index (χ1) is 14.5. The summed E-state index contributed by atoms with van der Waals surface area (Å²) in [5.74, 6) is 2.59. The van der Waals surface area contributed by atoms with Gasteiger partial charge in [-0.25, -0.2) is 4.98 Å². The number of methoxy groups -OCH3 is 2. The number of hydrogen-bond donors (Lipinski definition) is 1. The number of aromatic nitrogens is 2. The van der Waals surface area contributed by atoms with Gasteiger partial charge in [0.1, 0.15) is 11.9 Å². The Morgan fingerprint density at radius 3 is 2.40 bits per heavy atom. The third kappa shape index (κ3) is 3.85. The Labute approximate surface area is 176 Å². The molecular weight excluding hydrogens is 380 g/mol. The molecule has 0 aliphatic carbocycles. The van der Waals surface area contributed by atoms with E-state index in [0.29, 0.717) is 42.3 Å². The fourth-order valence-corrected chi connectivity index (χ4v) is 3.78. The summed E-state index contributed by atoms with van der Waals surface area (Å²) in [5.41, 5.74) is 8.18. The number of morpholine rings is 1. The van der Waals surface area contributed by atoms with Crippen LogP contribution in [0.25, 0.3) is 10.9 Å². The number of anilines is 2. The summed E-state index contributed by atoms with van der Waals surface area (Å²) in [6, 6.07) is 13.9. The fourth-order valence-electron chi connectivity index (χ4n) is 3.78. The lowest BCUT2D eigenvalue weighted by Gasteiger charge is -2.40. The van der Waals surface area contributed by atoms with Crippen molar-refractivity contribution in [2.24, 2.45) is 5.92 Å². The van der Waals surface area contributed by atoms with Crippen molar-refractivity contribution in [2.75, 3.05) is 37.9 Å². The highest BCUT2D eigenvalue weighted by molar-refractivity contribution is 5.91. The van der Waals surface area contributed by atoms with Crippen LogP contribution >= 0.6 is 0 Å². The van der Waals surface area contributed by atoms with Gasteiger partial charge in [-0.1, -0.05) is 44.2 Å². The summed E-state index contributed by atoms with van der Waals surface area (Å²) >= 11 is 0. The zero-order chi connectivity index (χ0) is 21.3. The van der Waals surface area contributed by atoms with Crippen LogP contribution in [0.15, 0.2) is 42.5 Å². The van der Waals surface area contributed by atoms with Crippen molar-refractivity contribution < 1.29 is 14.2 Å². The van der Waals surface area contributed by atoms with Gasteiger partial charge in [0.2, 0.25) is 5.95 Å². The van der Waals surface area contributed by atoms with Crippen LogP contribution in [0.3, 0.4) is 0 Å². The number of hydrogen-bond acceptors (Lipinski definition) is 7. The van der Waals surface area contributed by atoms with E-state index in [2.05, 4.69) is 35.9 Å². The SMILES string of the molecule is COc1cc2nc(N3C[C@@H](c4ccccc4)O[C@@H](C(C)C)C3)nc(N)c2cc1OC. The smallest absolute Gasteiger partial charge is 0.228 e. The molecule has 2 atom stereocenters. The Bertz CT molecular complexity index is 1030. The molecule has 4 rings (SSSR count). The molecule has 3 aromatic rings. The van der Waals surface area contributed by atoms with E-state index in [1.807, 2.05) is 30.3 Å². The van der Waals surface area contributed by atoms with Crippen molar-refractivity contribution in [3.63, 3.8) is 0 Å². The van der Waals surface area contributed by atoms with E-state index in [1.54, 1.807) is 14.2 Å². The van der Waals surface area contributed by atoms with Gasteiger partial charge >= 0.3 is 0 Å². The maximum atomic E-state index is 6.41. The van der Waals surface area contributed by atoms with Crippen LogP contribution < -0.4 is 20.1 Å². The minimum atomic E-state index is -0.0572. The number of nitrogens with zero attached hydrogens (tertiary/aromatic N) is 3. The molecule has 0 radical (unpaired) electrons. The Balaban J connectivity index is 1.73. The van der Waals surface area contributed by atoms with Gasteiger partial charge in [0.25, 0.3) is 0 Å².